The fraction of sp³-hybridized carbons (Fsp3) is 0.500. The summed E-state index contributed by atoms with van der Waals surface area (Å²) in [5, 5.41) is 6.59. The standard InChI is InChI=1S/C14H19N5O/c1-2-13-15-7-9-19(13)11-4-3-8-18(10-11)14(20)12-5-6-16-17-12/h5-7,9,11H,2-4,8,10H2,1H3,(H,16,17)/t11-/m0/s1. The van der Waals surface area contributed by atoms with Gasteiger partial charge in [0.2, 0.25) is 0 Å². The highest BCUT2D eigenvalue weighted by molar-refractivity contribution is 5.92. The van der Waals surface area contributed by atoms with E-state index in [9.17, 15) is 4.79 Å². The van der Waals surface area contributed by atoms with Crippen LogP contribution in [0, 0.1) is 0 Å². The highest BCUT2D eigenvalue weighted by Crippen LogP contribution is 2.23. The number of aryl methyl sites for hydroxylation is 1. The minimum absolute atomic E-state index is 0.0327. The monoisotopic (exact) mass is 273 g/mol. The number of aromatic amines is 1. The SMILES string of the molecule is CCc1nccn1[C@H]1CCCN(C(=O)c2ccn[nH]2)C1. The highest BCUT2D eigenvalue weighted by atomic mass is 16.2. The molecular weight excluding hydrogens is 254 g/mol. The predicted octanol–water partition coefficient (Wildman–Crippen LogP) is 1.65. The van der Waals surface area contributed by atoms with Crippen LogP contribution in [0.25, 0.3) is 0 Å². The molecule has 2 aromatic heterocycles. The number of nitrogens with zero attached hydrogens (tertiary/aromatic N) is 4. The third-order valence-electron chi connectivity index (χ3n) is 3.87. The molecule has 106 valence electrons. The van der Waals surface area contributed by atoms with Gasteiger partial charge >= 0.3 is 0 Å². The third kappa shape index (κ3) is 2.33. The summed E-state index contributed by atoms with van der Waals surface area (Å²) in [5.41, 5.74) is 0.562. The van der Waals surface area contributed by atoms with Crippen molar-refractivity contribution >= 4 is 5.91 Å². The number of piperidine rings is 1. The van der Waals surface area contributed by atoms with E-state index in [2.05, 4.69) is 26.7 Å². The summed E-state index contributed by atoms with van der Waals surface area (Å²) < 4.78 is 2.21. The molecule has 6 heteroatoms. The largest absolute Gasteiger partial charge is 0.335 e. The Morgan fingerprint density at radius 1 is 1.50 bits per heavy atom. The number of aromatic nitrogens is 4. The van der Waals surface area contributed by atoms with Crippen molar-refractivity contribution in [1.82, 2.24) is 24.6 Å². The zero-order valence-electron chi connectivity index (χ0n) is 11.6. The van der Waals surface area contributed by atoms with Crippen molar-refractivity contribution in [1.29, 1.82) is 0 Å². The molecular formula is C14H19N5O. The number of carbonyl (C=O) groups is 1. The molecule has 3 heterocycles. The van der Waals surface area contributed by atoms with Crippen molar-refractivity contribution in [3.05, 3.63) is 36.2 Å². The van der Waals surface area contributed by atoms with Gasteiger partial charge in [-0.2, -0.15) is 5.10 Å². The first-order valence-electron chi connectivity index (χ1n) is 7.10. The zero-order valence-corrected chi connectivity index (χ0v) is 11.6. The lowest BCUT2D eigenvalue weighted by Gasteiger charge is -2.33. The number of nitrogens with one attached hydrogen (secondary N) is 1. The van der Waals surface area contributed by atoms with Gasteiger partial charge < -0.3 is 9.47 Å². The van der Waals surface area contributed by atoms with Gasteiger partial charge in [0.15, 0.2) is 0 Å². The van der Waals surface area contributed by atoms with Crippen molar-refractivity contribution in [2.45, 2.75) is 32.2 Å². The first-order valence-corrected chi connectivity index (χ1v) is 7.10. The molecule has 1 aliphatic heterocycles. The first kappa shape index (κ1) is 12.9. The maximum atomic E-state index is 12.4. The number of carbonyl (C=O) groups excluding carboxylic acids is 1. The van der Waals surface area contributed by atoms with Crippen LogP contribution in [0.5, 0.6) is 0 Å². The molecule has 0 bridgehead atoms. The molecule has 1 saturated heterocycles. The van der Waals surface area contributed by atoms with Crippen LogP contribution in [-0.2, 0) is 6.42 Å². The first-order chi connectivity index (χ1) is 9.79. The van der Waals surface area contributed by atoms with Gasteiger partial charge in [0.25, 0.3) is 5.91 Å². The molecule has 0 unspecified atom stereocenters. The molecule has 0 spiro atoms. The average molecular weight is 273 g/mol. The summed E-state index contributed by atoms with van der Waals surface area (Å²) in [6, 6.07) is 2.05. The summed E-state index contributed by atoms with van der Waals surface area (Å²) in [5.74, 6) is 1.12. The second-order valence-corrected chi connectivity index (χ2v) is 5.12. The summed E-state index contributed by atoms with van der Waals surface area (Å²) in [6.45, 7) is 3.65. The molecule has 1 N–H and O–H groups in total. The topological polar surface area (TPSA) is 66.8 Å². The molecule has 1 amide bonds. The second kappa shape index (κ2) is 5.48. The molecule has 1 aliphatic rings. The molecule has 20 heavy (non-hydrogen) atoms. The van der Waals surface area contributed by atoms with Crippen LogP contribution in [-0.4, -0.2) is 43.6 Å². The van der Waals surface area contributed by atoms with Crippen LogP contribution in [0.2, 0.25) is 0 Å². The number of amides is 1. The van der Waals surface area contributed by atoms with Gasteiger partial charge in [-0.1, -0.05) is 6.92 Å². The van der Waals surface area contributed by atoms with Crippen LogP contribution in [0.3, 0.4) is 0 Å². The van der Waals surface area contributed by atoms with E-state index >= 15 is 0 Å². The fourth-order valence-corrected chi connectivity index (χ4v) is 2.86. The summed E-state index contributed by atoms with van der Waals surface area (Å²) in [7, 11) is 0. The number of H-pyrrole nitrogens is 1. The van der Waals surface area contributed by atoms with Gasteiger partial charge in [0, 0.05) is 38.1 Å². The minimum atomic E-state index is 0.0327. The van der Waals surface area contributed by atoms with Crippen molar-refractivity contribution in [3.8, 4) is 0 Å². The van der Waals surface area contributed by atoms with E-state index in [0.717, 1.165) is 38.2 Å². The van der Waals surface area contributed by atoms with Gasteiger partial charge in [0.05, 0.1) is 6.04 Å². The van der Waals surface area contributed by atoms with E-state index in [4.69, 9.17) is 0 Å². The number of rotatable bonds is 3. The Balaban J connectivity index is 1.75. The fourth-order valence-electron chi connectivity index (χ4n) is 2.86. The van der Waals surface area contributed by atoms with Gasteiger partial charge in [-0.3, -0.25) is 9.89 Å². The predicted molar refractivity (Wildman–Crippen MR) is 74.4 cm³/mol. The minimum Gasteiger partial charge on any atom is -0.335 e. The quantitative estimate of drug-likeness (QED) is 0.924. The molecule has 1 atom stereocenters. The summed E-state index contributed by atoms with van der Waals surface area (Å²) in [4.78, 5) is 18.6. The number of hydrogen-bond acceptors (Lipinski definition) is 3. The molecule has 0 aliphatic carbocycles. The van der Waals surface area contributed by atoms with Crippen LogP contribution in [0.15, 0.2) is 24.7 Å². The maximum Gasteiger partial charge on any atom is 0.271 e. The Morgan fingerprint density at radius 3 is 3.15 bits per heavy atom. The maximum absolute atomic E-state index is 12.4. The van der Waals surface area contributed by atoms with Crippen LogP contribution < -0.4 is 0 Å². The van der Waals surface area contributed by atoms with Gasteiger partial charge in [-0.05, 0) is 18.9 Å². The average Bonchev–Trinajstić information content (AvgIpc) is 3.17. The molecule has 0 aromatic carbocycles. The lowest BCUT2D eigenvalue weighted by Crippen LogP contribution is -2.41. The van der Waals surface area contributed by atoms with Crippen LogP contribution in [0.4, 0.5) is 0 Å². The van der Waals surface area contributed by atoms with E-state index < -0.39 is 0 Å². The normalized spacial score (nSPS) is 19.2. The van der Waals surface area contributed by atoms with Crippen molar-refractivity contribution in [3.63, 3.8) is 0 Å². The smallest absolute Gasteiger partial charge is 0.271 e. The van der Waals surface area contributed by atoms with E-state index in [0.29, 0.717) is 11.7 Å². The Kier molecular flexibility index (Phi) is 3.54. The molecule has 2 aromatic rings. The Bertz CT molecular complexity index is 574. The third-order valence-corrected chi connectivity index (χ3v) is 3.87. The molecule has 0 radical (unpaired) electrons. The summed E-state index contributed by atoms with van der Waals surface area (Å²) in [6.07, 6.45) is 8.50. The lowest BCUT2D eigenvalue weighted by molar-refractivity contribution is 0.0672. The van der Waals surface area contributed by atoms with Crippen LogP contribution in [0.1, 0.15) is 42.1 Å². The van der Waals surface area contributed by atoms with Gasteiger partial charge in [-0.15, -0.1) is 0 Å². The molecule has 1 fully saturated rings. The Hall–Kier alpha value is -2.11. The van der Waals surface area contributed by atoms with E-state index in [1.807, 2.05) is 17.3 Å². The van der Waals surface area contributed by atoms with Crippen molar-refractivity contribution < 1.29 is 4.79 Å². The molecule has 6 nitrogen and oxygen atoms in total. The van der Waals surface area contributed by atoms with Crippen LogP contribution >= 0.6 is 0 Å². The Morgan fingerprint density at radius 2 is 2.40 bits per heavy atom. The number of hydrogen-bond donors (Lipinski definition) is 1. The Labute approximate surface area is 117 Å². The van der Waals surface area contributed by atoms with Gasteiger partial charge in [-0.25, -0.2) is 4.98 Å². The number of likely N-dealkylation sites (tertiary alicyclic amines) is 1. The zero-order chi connectivity index (χ0) is 13.9. The lowest BCUT2D eigenvalue weighted by atomic mass is 10.0. The number of imidazole rings is 1. The van der Waals surface area contributed by atoms with E-state index in [1.54, 1.807) is 12.3 Å². The second-order valence-electron chi connectivity index (χ2n) is 5.12. The van der Waals surface area contributed by atoms with Crippen molar-refractivity contribution in [2.75, 3.05) is 13.1 Å². The van der Waals surface area contributed by atoms with Gasteiger partial charge in [0.1, 0.15) is 11.5 Å². The molecule has 0 saturated carbocycles. The van der Waals surface area contributed by atoms with E-state index in [1.165, 1.54) is 0 Å². The summed E-state index contributed by atoms with van der Waals surface area (Å²) >= 11 is 0. The molecule has 3 rings (SSSR count). The van der Waals surface area contributed by atoms with E-state index in [-0.39, 0.29) is 5.91 Å². The highest BCUT2D eigenvalue weighted by Gasteiger charge is 2.26. The van der Waals surface area contributed by atoms with Crippen molar-refractivity contribution in [2.24, 2.45) is 0 Å².